The molecule has 2 aromatic heterocycles. The highest BCUT2D eigenvalue weighted by molar-refractivity contribution is 5.94. The average molecular weight is 302 g/mol. The van der Waals surface area contributed by atoms with Crippen LogP contribution in [0.5, 0.6) is 0 Å². The number of pyridine rings is 1. The van der Waals surface area contributed by atoms with E-state index < -0.39 is 6.10 Å². The molecule has 1 fully saturated rings. The van der Waals surface area contributed by atoms with E-state index >= 15 is 0 Å². The Labute approximate surface area is 127 Å². The van der Waals surface area contributed by atoms with Crippen LogP contribution >= 0.6 is 0 Å². The fraction of sp³-hybridized carbons (Fsp3) is 0.400. The number of aryl methyl sites for hydroxylation is 2. The van der Waals surface area contributed by atoms with E-state index in [4.69, 9.17) is 0 Å². The summed E-state index contributed by atoms with van der Waals surface area (Å²) in [4.78, 5) is 23.6. The van der Waals surface area contributed by atoms with Gasteiger partial charge >= 0.3 is 0 Å². The van der Waals surface area contributed by atoms with E-state index in [1.165, 1.54) is 22.9 Å². The van der Waals surface area contributed by atoms with E-state index in [0.717, 1.165) is 5.56 Å². The number of aromatic nitrogens is 3. The summed E-state index contributed by atoms with van der Waals surface area (Å²) in [6, 6.07) is 2.42. The third-order valence-corrected chi connectivity index (χ3v) is 4.00. The zero-order chi connectivity index (χ0) is 15.9. The van der Waals surface area contributed by atoms with Gasteiger partial charge in [-0.15, -0.1) is 0 Å². The SMILES string of the molecule is Cc1cnn([C@H]2[C@H](O)C[C@@H]2NC(=O)c2ccc(=O)n(C)c2)c1. The van der Waals surface area contributed by atoms with E-state index in [1.807, 2.05) is 13.1 Å². The first-order valence-electron chi connectivity index (χ1n) is 7.12. The summed E-state index contributed by atoms with van der Waals surface area (Å²) in [6.45, 7) is 1.92. The van der Waals surface area contributed by atoms with E-state index in [1.54, 1.807) is 17.9 Å². The molecule has 2 aromatic rings. The Morgan fingerprint density at radius 2 is 2.18 bits per heavy atom. The molecule has 0 aromatic carbocycles. The van der Waals surface area contributed by atoms with Crippen LogP contribution in [0.25, 0.3) is 0 Å². The van der Waals surface area contributed by atoms with Crippen molar-refractivity contribution >= 4 is 5.91 Å². The van der Waals surface area contributed by atoms with E-state index in [-0.39, 0.29) is 23.6 Å². The molecule has 0 radical (unpaired) electrons. The van der Waals surface area contributed by atoms with Gasteiger partial charge in [0.25, 0.3) is 5.91 Å². The molecule has 2 N–H and O–H groups in total. The van der Waals surface area contributed by atoms with Crippen LogP contribution in [0.4, 0.5) is 0 Å². The maximum absolute atomic E-state index is 12.3. The molecule has 3 rings (SSSR count). The van der Waals surface area contributed by atoms with Crippen molar-refractivity contribution in [3.8, 4) is 0 Å². The number of nitrogens with zero attached hydrogens (tertiary/aromatic N) is 3. The van der Waals surface area contributed by atoms with Gasteiger partial charge in [-0.25, -0.2) is 0 Å². The number of hydrogen-bond donors (Lipinski definition) is 2. The van der Waals surface area contributed by atoms with Gasteiger partial charge < -0.3 is 15.0 Å². The molecule has 1 aliphatic rings. The normalized spacial score (nSPS) is 23.9. The first kappa shape index (κ1) is 14.5. The predicted octanol–water partition coefficient (Wildman–Crippen LogP) is -0.00548. The molecule has 22 heavy (non-hydrogen) atoms. The van der Waals surface area contributed by atoms with Crippen LogP contribution in [0.1, 0.15) is 28.4 Å². The van der Waals surface area contributed by atoms with Crippen molar-refractivity contribution in [1.29, 1.82) is 0 Å². The minimum absolute atomic E-state index is 0.166. The molecule has 0 bridgehead atoms. The van der Waals surface area contributed by atoms with Crippen molar-refractivity contribution in [2.75, 3.05) is 0 Å². The summed E-state index contributed by atoms with van der Waals surface area (Å²) in [5.41, 5.74) is 1.25. The molecule has 1 saturated carbocycles. The Hall–Kier alpha value is -2.41. The molecule has 116 valence electrons. The largest absolute Gasteiger partial charge is 0.391 e. The molecule has 1 amide bonds. The molecule has 2 heterocycles. The van der Waals surface area contributed by atoms with Gasteiger partial charge in [-0.05, 0) is 25.0 Å². The van der Waals surface area contributed by atoms with Gasteiger partial charge in [0.05, 0.1) is 29.9 Å². The second-order valence-electron chi connectivity index (χ2n) is 5.74. The van der Waals surface area contributed by atoms with Gasteiger partial charge in [-0.2, -0.15) is 5.10 Å². The molecule has 0 unspecified atom stereocenters. The fourth-order valence-corrected chi connectivity index (χ4v) is 2.69. The van der Waals surface area contributed by atoms with Crippen molar-refractivity contribution in [3.63, 3.8) is 0 Å². The smallest absolute Gasteiger partial charge is 0.253 e. The molecule has 3 atom stereocenters. The second-order valence-corrected chi connectivity index (χ2v) is 5.74. The van der Waals surface area contributed by atoms with Gasteiger partial charge in [0.1, 0.15) is 0 Å². The lowest BCUT2D eigenvalue weighted by molar-refractivity contribution is -0.00591. The number of amides is 1. The summed E-state index contributed by atoms with van der Waals surface area (Å²) in [7, 11) is 1.60. The molecule has 7 nitrogen and oxygen atoms in total. The average Bonchev–Trinajstić information content (AvgIpc) is 2.86. The number of aliphatic hydroxyl groups excluding tert-OH is 1. The number of hydrogen-bond acceptors (Lipinski definition) is 4. The zero-order valence-corrected chi connectivity index (χ0v) is 12.4. The summed E-state index contributed by atoms with van der Waals surface area (Å²) in [5.74, 6) is -0.263. The summed E-state index contributed by atoms with van der Waals surface area (Å²) in [6.07, 6.45) is 5.03. The third-order valence-electron chi connectivity index (χ3n) is 4.00. The molecule has 0 saturated heterocycles. The fourth-order valence-electron chi connectivity index (χ4n) is 2.69. The summed E-state index contributed by atoms with van der Waals surface area (Å²) in [5, 5.41) is 17.0. The van der Waals surface area contributed by atoms with Crippen LogP contribution in [0.15, 0.2) is 35.5 Å². The Balaban J connectivity index is 1.73. The van der Waals surface area contributed by atoms with Crippen molar-refractivity contribution in [2.45, 2.75) is 31.5 Å². The van der Waals surface area contributed by atoms with Crippen LogP contribution in [-0.4, -0.2) is 37.5 Å². The van der Waals surface area contributed by atoms with Gasteiger partial charge in [0, 0.05) is 25.5 Å². The Morgan fingerprint density at radius 3 is 2.77 bits per heavy atom. The summed E-state index contributed by atoms with van der Waals surface area (Å²) >= 11 is 0. The molecular weight excluding hydrogens is 284 g/mol. The molecular formula is C15H18N4O3. The lowest BCUT2D eigenvalue weighted by Gasteiger charge is -2.41. The topological polar surface area (TPSA) is 89.2 Å². The van der Waals surface area contributed by atoms with Gasteiger partial charge in [0.15, 0.2) is 0 Å². The van der Waals surface area contributed by atoms with Crippen molar-refractivity contribution in [2.24, 2.45) is 7.05 Å². The first-order chi connectivity index (χ1) is 10.5. The minimum atomic E-state index is -0.523. The standard InChI is InChI=1S/C15H18N4O3/c1-9-6-16-19(7-9)14-11(5-12(14)20)17-15(22)10-3-4-13(21)18(2)8-10/h3-4,6-8,11-12,14,20H,5H2,1-2H3,(H,17,22)/t11-,12+,14+/m0/s1. The highest BCUT2D eigenvalue weighted by atomic mass is 16.3. The van der Waals surface area contributed by atoms with Gasteiger partial charge in [-0.3, -0.25) is 14.3 Å². The Morgan fingerprint density at radius 1 is 1.41 bits per heavy atom. The van der Waals surface area contributed by atoms with Crippen molar-refractivity contribution in [1.82, 2.24) is 19.7 Å². The number of aliphatic hydroxyl groups is 1. The van der Waals surface area contributed by atoms with Crippen LogP contribution < -0.4 is 10.9 Å². The quantitative estimate of drug-likeness (QED) is 0.835. The van der Waals surface area contributed by atoms with Crippen molar-refractivity contribution in [3.05, 3.63) is 52.2 Å². The molecule has 7 heteroatoms. The maximum Gasteiger partial charge on any atom is 0.253 e. The van der Waals surface area contributed by atoms with E-state index in [9.17, 15) is 14.7 Å². The minimum Gasteiger partial charge on any atom is -0.391 e. The van der Waals surface area contributed by atoms with Crippen LogP contribution in [0.2, 0.25) is 0 Å². The molecule has 0 spiro atoms. The van der Waals surface area contributed by atoms with Crippen molar-refractivity contribution < 1.29 is 9.90 Å². The highest BCUT2D eigenvalue weighted by Gasteiger charge is 2.42. The maximum atomic E-state index is 12.3. The monoisotopic (exact) mass is 302 g/mol. The van der Waals surface area contributed by atoms with Gasteiger partial charge in [-0.1, -0.05) is 0 Å². The lowest BCUT2D eigenvalue weighted by atomic mass is 9.83. The van der Waals surface area contributed by atoms with E-state index in [0.29, 0.717) is 12.0 Å². The highest BCUT2D eigenvalue weighted by Crippen LogP contribution is 2.32. The number of nitrogens with one attached hydrogen (secondary N) is 1. The lowest BCUT2D eigenvalue weighted by Crippen LogP contribution is -2.56. The molecule has 1 aliphatic carbocycles. The number of rotatable bonds is 3. The number of carbonyl (C=O) groups is 1. The number of carbonyl (C=O) groups excluding carboxylic acids is 1. The Bertz CT molecular complexity index is 764. The van der Waals surface area contributed by atoms with Crippen LogP contribution in [0.3, 0.4) is 0 Å². The van der Waals surface area contributed by atoms with Gasteiger partial charge in [0.2, 0.25) is 5.56 Å². The predicted molar refractivity (Wildman–Crippen MR) is 79.6 cm³/mol. The second kappa shape index (κ2) is 5.42. The first-order valence-corrected chi connectivity index (χ1v) is 7.12. The Kier molecular flexibility index (Phi) is 3.58. The van der Waals surface area contributed by atoms with E-state index in [2.05, 4.69) is 10.4 Å². The zero-order valence-electron chi connectivity index (χ0n) is 12.4. The van der Waals surface area contributed by atoms with Crippen LogP contribution in [0, 0.1) is 6.92 Å². The summed E-state index contributed by atoms with van der Waals surface area (Å²) < 4.78 is 3.05. The third kappa shape index (κ3) is 2.55. The van der Waals surface area contributed by atoms with Crippen LogP contribution in [-0.2, 0) is 7.05 Å². The molecule has 0 aliphatic heterocycles.